The van der Waals surface area contributed by atoms with Gasteiger partial charge in [-0.2, -0.15) is 0 Å². The maximum Gasteiger partial charge on any atom is 0.254 e. The summed E-state index contributed by atoms with van der Waals surface area (Å²) in [4.78, 5) is 11.6. The highest BCUT2D eigenvalue weighted by atomic mass is 35.5. The van der Waals surface area contributed by atoms with E-state index in [9.17, 15) is 9.18 Å². The molecule has 0 unspecified atom stereocenters. The van der Waals surface area contributed by atoms with Gasteiger partial charge >= 0.3 is 0 Å². The van der Waals surface area contributed by atoms with Gasteiger partial charge in [0.15, 0.2) is 0 Å². The van der Waals surface area contributed by atoms with E-state index >= 15 is 0 Å². The average Bonchev–Trinajstić information content (AvgIpc) is 2.24. The van der Waals surface area contributed by atoms with Crippen LogP contribution in [-0.4, -0.2) is 18.0 Å². The van der Waals surface area contributed by atoms with E-state index < -0.39 is 11.7 Å². The van der Waals surface area contributed by atoms with Crippen LogP contribution in [0.1, 0.15) is 29.6 Å². The molecular formula is C12H16ClFN2O. The van der Waals surface area contributed by atoms with Crippen molar-refractivity contribution in [3.8, 4) is 0 Å². The molecule has 0 saturated heterocycles. The Bertz CT molecular complexity index is 407. The van der Waals surface area contributed by atoms with Crippen LogP contribution < -0.4 is 11.1 Å². The largest absolute Gasteiger partial charge is 0.350 e. The van der Waals surface area contributed by atoms with Gasteiger partial charge in [-0.1, -0.05) is 12.1 Å². The molecule has 3 N–H and O–H groups in total. The predicted molar refractivity (Wildman–Crippen MR) is 66.8 cm³/mol. The van der Waals surface area contributed by atoms with Gasteiger partial charge in [0.25, 0.3) is 5.91 Å². The van der Waals surface area contributed by atoms with Gasteiger partial charge in [0.05, 0.1) is 5.56 Å². The third-order valence-electron chi connectivity index (χ3n) is 3.07. The SMILES string of the molecule is Cl.NC1(CNC(=O)c2ccccc2F)CCC1. The lowest BCUT2D eigenvalue weighted by molar-refractivity contribution is 0.0925. The Hall–Kier alpha value is -1.13. The minimum atomic E-state index is -0.500. The first-order chi connectivity index (χ1) is 7.61. The summed E-state index contributed by atoms with van der Waals surface area (Å²) in [5.41, 5.74) is 5.76. The lowest BCUT2D eigenvalue weighted by atomic mass is 9.78. The second-order valence-corrected chi connectivity index (χ2v) is 4.38. The molecule has 1 aliphatic carbocycles. The van der Waals surface area contributed by atoms with Crippen LogP contribution in [0.4, 0.5) is 4.39 Å². The molecule has 0 atom stereocenters. The van der Waals surface area contributed by atoms with E-state index in [-0.39, 0.29) is 23.5 Å². The van der Waals surface area contributed by atoms with Crippen molar-refractivity contribution in [1.29, 1.82) is 0 Å². The maximum atomic E-state index is 13.3. The molecule has 1 aliphatic rings. The zero-order valence-electron chi connectivity index (χ0n) is 9.41. The van der Waals surface area contributed by atoms with E-state index in [4.69, 9.17) is 5.73 Å². The quantitative estimate of drug-likeness (QED) is 0.870. The number of nitrogens with two attached hydrogens (primary N) is 1. The molecule has 2 rings (SSSR count). The van der Waals surface area contributed by atoms with Gasteiger partial charge in [-0.05, 0) is 31.4 Å². The second-order valence-electron chi connectivity index (χ2n) is 4.38. The van der Waals surface area contributed by atoms with E-state index in [1.807, 2.05) is 0 Å². The van der Waals surface area contributed by atoms with E-state index in [0.29, 0.717) is 6.54 Å². The Morgan fingerprint density at radius 3 is 2.59 bits per heavy atom. The summed E-state index contributed by atoms with van der Waals surface area (Å²) < 4.78 is 13.3. The normalized spacial score (nSPS) is 16.6. The average molecular weight is 259 g/mol. The van der Waals surface area contributed by atoms with Crippen molar-refractivity contribution in [2.24, 2.45) is 5.73 Å². The van der Waals surface area contributed by atoms with E-state index in [1.54, 1.807) is 12.1 Å². The fourth-order valence-electron chi connectivity index (χ4n) is 1.80. The molecule has 17 heavy (non-hydrogen) atoms. The summed E-state index contributed by atoms with van der Waals surface area (Å²) in [6.07, 6.45) is 2.95. The number of hydrogen-bond acceptors (Lipinski definition) is 2. The maximum absolute atomic E-state index is 13.3. The lowest BCUT2D eigenvalue weighted by Crippen LogP contribution is -2.55. The highest BCUT2D eigenvalue weighted by molar-refractivity contribution is 5.94. The van der Waals surface area contributed by atoms with Crippen LogP contribution in [0.15, 0.2) is 24.3 Å². The number of nitrogens with one attached hydrogen (secondary N) is 1. The van der Waals surface area contributed by atoms with E-state index in [1.165, 1.54) is 12.1 Å². The number of halogens is 2. The fraction of sp³-hybridized carbons (Fsp3) is 0.417. The minimum Gasteiger partial charge on any atom is -0.350 e. The van der Waals surface area contributed by atoms with Crippen LogP contribution in [0, 0.1) is 5.82 Å². The highest BCUT2D eigenvalue weighted by Crippen LogP contribution is 2.28. The number of hydrogen-bond donors (Lipinski definition) is 2. The number of amides is 1. The molecule has 1 aromatic rings. The monoisotopic (exact) mass is 258 g/mol. The van der Waals surface area contributed by atoms with Crippen LogP contribution in [-0.2, 0) is 0 Å². The molecular weight excluding hydrogens is 243 g/mol. The highest BCUT2D eigenvalue weighted by Gasteiger charge is 2.32. The zero-order valence-corrected chi connectivity index (χ0v) is 10.2. The Balaban J connectivity index is 0.00000144. The van der Waals surface area contributed by atoms with Crippen molar-refractivity contribution >= 4 is 18.3 Å². The van der Waals surface area contributed by atoms with E-state index in [0.717, 1.165) is 19.3 Å². The first-order valence-electron chi connectivity index (χ1n) is 5.42. The summed E-state index contributed by atoms with van der Waals surface area (Å²) in [7, 11) is 0. The van der Waals surface area contributed by atoms with Crippen molar-refractivity contribution in [2.75, 3.05) is 6.54 Å². The van der Waals surface area contributed by atoms with Crippen LogP contribution in [0.5, 0.6) is 0 Å². The van der Waals surface area contributed by atoms with Gasteiger partial charge in [-0.15, -0.1) is 12.4 Å². The van der Waals surface area contributed by atoms with Crippen molar-refractivity contribution in [1.82, 2.24) is 5.32 Å². The van der Waals surface area contributed by atoms with Gasteiger partial charge in [0, 0.05) is 12.1 Å². The molecule has 0 aliphatic heterocycles. The molecule has 94 valence electrons. The Labute approximate surface area is 106 Å². The summed E-state index contributed by atoms with van der Waals surface area (Å²) in [5.74, 6) is -0.894. The van der Waals surface area contributed by atoms with Crippen LogP contribution in [0.2, 0.25) is 0 Å². The summed E-state index contributed by atoms with van der Waals surface area (Å²) in [6, 6.07) is 5.94. The standard InChI is InChI=1S/C12H15FN2O.ClH/c13-10-5-2-1-4-9(10)11(16)15-8-12(14)6-3-7-12;/h1-2,4-5H,3,6-8,14H2,(H,15,16);1H. The number of rotatable bonds is 3. The molecule has 1 amide bonds. The molecule has 1 aromatic carbocycles. The third-order valence-corrected chi connectivity index (χ3v) is 3.07. The molecule has 0 heterocycles. The minimum absolute atomic E-state index is 0. The van der Waals surface area contributed by atoms with Gasteiger partial charge < -0.3 is 11.1 Å². The number of carbonyl (C=O) groups is 1. The predicted octanol–water partition coefficient (Wildman–Crippen LogP) is 1.86. The summed E-state index contributed by atoms with van der Waals surface area (Å²) in [5, 5.41) is 2.68. The summed E-state index contributed by atoms with van der Waals surface area (Å²) in [6.45, 7) is 0.417. The molecule has 3 nitrogen and oxygen atoms in total. The van der Waals surface area contributed by atoms with Gasteiger partial charge in [0.2, 0.25) is 0 Å². The summed E-state index contributed by atoms with van der Waals surface area (Å²) >= 11 is 0. The van der Waals surface area contributed by atoms with Crippen LogP contribution >= 0.6 is 12.4 Å². The molecule has 5 heteroatoms. The van der Waals surface area contributed by atoms with E-state index in [2.05, 4.69) is 5.32 Å². The lowest BCUT2D eigenvalue weighted by Gasteiger charge is -2.38. The zero-order chi connectivity index (χ0) is 11.6. The van der Waals surface area contributed by atoms with Crippen molar-refractivity contribution in [3.63, 3.8) is 0 Å². The van der Waals surface area contributed by atoms with Crippen molar-refractivity contribution in [3.05, 3.63) is 35.6 Å². The molecule has 1 fully saturated rings. The number of benzene rings is 1. The van der Waals surface area contributed by atoms with Crippen LogP contribution in [0.3, 0.4) is 0 Å². The first kappa shape index (κ1) is 13.9. The molecule has 0 bridgehead atoms. The molecule has 0 radical (unpaired) electrons. The van der Waals surface area contributed by atoms with Gasteiger partial charge in [0.1, 0.15) is 5.82 Å². The Morgan fingerprint density at radius 2 is 2.06 bits per heavy atom. The molecule has 0 spiro atoms. The molecule has 1 saturated carbocycles. The molecule has 0 aromatic heterocycles. The smallest absolute Gasteiger partial charge is 0.254 e. The Morgan fingerprint density at radius 1 is 1.41 bits per heavy atom. The van der Waals surface area contributed by atoms with Gasteiger partial charge in [-0.25, -0.2) is 4.39 Å². The van der Waals surface area contributed by atoms with Crippen molar-refractivity contribution < 1.29 is 9.18 Å². The first-order valence-corrected chi connectivity index (χ1v) is 5.42. The topological polar surface area (TPSA) is 55.1 Å². The second kappa shape index (κ2) is 5.47. The van der Waals surface area contributed by atoms with Crippen LogP contribution in [0.25, 0.3) is 0 Å². The van der Waals surface area contributed by atoms with Gasteiger partial charge in [-0.3, -0.25) is 4.79 Å². The Kier molecular flexibility index (Phi) is 4.48. The number of carbonyl (C=O) groups excluding carboxylic acids is 1. The third kappa shape index (κ3) is 3.17. The fourth-order valence-corrected chi connectivity index (χ4v) is 1.80. The van der Waals surface area contributed by atoms with Crippen molar-refractivity contribution in [2.45, 2.75) is 24.8 Å².